The number of nitrogens with zero attached hydrogens (tertiary/aromatic N) is 1. The van der Waals surface area contributed by atoms with Crippen LogP contribution in [0.4, 0.5) is 4.79 Å². The maximum Gasteiger partial charge on any atom is 0.408 e. The number of carbonyl (C=O) groups is 4. The number of ether oxygens (including phenoxy) is 1. The van der Waals surface area contributed by atoms with Crippen molar-refractivity contribution in [2.75, 3.05) is 0 Å². The number of hydrogen-bond donors (Lipinski definition) is 3. The Labute approximate surface area is 220 Å². The fraction of sp³-hybridized carbons (Fsp3) is 0.643. The van der Waals surface area contributed by atoms with Crippen LogP contribution in [-0.2, 0) is 19.1 Å². The number of carbonyl (C=O) groups excluding carboxylic acids is 4. The number of benzene rings is 1. The molecule has 0 spiro atoms. The summed E-state index contributed by atoms with van der Waals surface area (Å²) in [6, 6.07) is 3.16. The number of alkyl carbamates (subject to hydrolysis) is 1. The van der Waals surface area contributed by atoms with Gasteiger partial charge in [-0.3, -0.25) is 14.4 Å². The Bertz CT molecular complexity index is 959. The molecule has 37 heavy (non-hydrogen) atoms. The van der Waals surface area contributed by atoms with Crippen molar-refractivity contribution in [3.05, 3.63) is 34.9 Å². The maximum atomic E-state index is 14.0. The van der Waals surface area contributed by atoms with E-state index in [0.29, 0.717) is 5.56 Å². The van der Waals surface area contributed by atoms with Gasteiger partial charge in [0.15, 0.2) is 0 Å². The van der Waals surface area contributed by atoms with E-state index in [0.717, 1.165) is 43.2 Å². The largest absolute Gasteiger partial charge is 0.444 e. The van der Waals surface area contributed by atoms with Crippen molar-refractivity contribution < 1.29 is 23.9 Å². The summed E-state index contributed by atoms with van der Waals surface area (Å²) in [5.74, 6) is -1.62. The minimum Gasteiger partial charge on any atom is -0.444 e. The molecule has 1 saturated carbocycles. The highest BCUT2D eigenvalue weighted by Crippen LogP contribution is 2.28. The molecule has 9 nitrogen and oxygen atoms in total. The van der Waals surface area contributed by atoms with Crippen LogP contribution in [0.1, 0.15) is 95.9 Å². The lowest BCUT2D eigenvalue weighted by Gasteiger charge is -2.38. The third-order valence-electron chi connectivity index (χ3n) is 6.24. The number of nitrogens with one attached hydrogen (secondary N) is 2. The van der Waals surface area contributed by atoms with Crippen molar-refractivity contribution in [1.82, 2.24) is 15.5 Å². The number of primary amides is 1. The smallest absolute Gasteiger partial charge is 0.408 e. The standard InChI is InChI=1S/C28H44N4O5/c1-17(2)32(26(35)22(16-23(29)33)31-27(36)37-28(5,6)7)24(20-14-18(3)13-19(4)15-20)25(34)30-21-11-9-8-10-12-21/h13-15,17,21-22,24H,8-12,16H2,1-7H3,(H2,29,33)(H,30,34)(H,31,36). The molecule has 1 aromatic carbocycles. The molecule has 1 aliphatic rings. The van der Waals surface area contributed by atoms with Crippen molar-refractivity contribution in [3.63, 3.8) is 0 Å². The zero-order chi connectivity index (χ0) is 27.9. The average Bonchev–Trinajstić information content (AvgIpc) is 2.74. The van der Waals surface area contributed by atoms with Crippen LogP contribution >= 0.6 is 0 Å². The molecule has 0 aromatic heterocycles. The van der Waals surface area contributed by atoms with Crippen LogP contribution in [0, 0.1) is 13.8 Å². The molecule has 206 valence electrons. The topological polar surface area (TPSA) is 131 Å². The molecular weight excluding hydrogens is 472 g/mol. The Balaban J connectivity index is 2.49. The summed E-state index contributed by atoms with van der Waals surface area (Å²) in [5.41, 5.74) is 7.23. The van der Waals surface area contributed by atoms with Crippen molar-refractivity contribution in [3.8, 4) is 0 Å². The van der Waals surface area contributed by atoms with Crippen LogP contribution in [0.3, 0.4) is 0 Å². The zero-order valence-corrected chi connectivity index (χ0v) is 23.3. The number of aryl methyl sites for hydroxylation is 2. The van der Waals surface area contributed by atoms with Crippen LogP contribution in [-0.4, -0.2) is 52.4 Å². The molecule has 1 aliphatic carbocycles. The maximum absolute atomic E-state index is 14.0. The predicted octanol–water partition coefficient (Wildman–Crippen LogP) is 3.80. The van der Waals surface area contributed by atoms with Crippen LogP contribution in [0.2, 0.25) is 0 Å². The second kappa shape index (κ2) is 12.9. The summed E-state index contributed by atoms with van der Waals surface area (Å²) in [7, 11) is 0. The van der Waals surface area contributed by atoms with Gasteiger partial charge in [-0.2, -0.15) is 0 Å². The fourth-order valence-electron chi connectivity index (χ4n) is 4.84. The van der Waals surface area contributed by atoms with E-state index in [1.165, 1.54) is 4.90 Å². The lowest BCUT2D eigenvalue weighted by Crippen LogP contribution is -2.56. The van der Waals surface area contributed by atoms with E-state index in [9.17, 15) is 19.2 Å². The van der Waals surface area contributed by atoms with Gasteiger partial charge in [-0.1, -0.05) is 48.6 Å². The van der Waals surface area contributed by atoms with Gasteiger partial charge in [-0.05, 0) is 66.9 Å². The summed E-state index contributed by atoms with van der Waals surface area (Å²) < 4.78 is 5.31. The van der Waals surface area contributed by atoms with Crippen LogP contribution < -0.4 is 16.4 Å². The highest BCUT2D eigenvalue weighted by Gasteiger charge is 2.39. The molecule has 4 N–H and O–H groups in total. The molecule has 1 fully saturated rings. The van der Waals surface area contributed by atoms with Gasteiger partial charge in [-0.25, -0.2) is 4.79 Å². The van der Waals surface area contributed by atoms with Crippen molar-refractivity contribution in [1.29, 1.82) is 0 Å². The van der Waals surface area contributed by atoms with Gasteiger partial charge in [0.1, 0.15) is 17.7 Å². The minimum absolute atomic E-state index is 0.0417. The molecule has 2 unspecified atom stereocenters. The first-order chi connectivity index (χ1) is 17.2. The third kappa shape index (κ3) is 9.37. The summed E-state index contributed by atoms with van der Waals surface area (Å²) in [6.45, 7) is 12.6. The number of nitrogens with two attached hydrogens (primary N) is 1. The van der Waals surface area contributed by atoms with E-state index < -0.39 is 48.1 Å². The van der Waals surface area contributed by atoms with E-state index in [-0.39, 0.29) is 11.9 Å². The normalized spacial score (nSPS) is 16.0. The third-order valence-corrected chi connectivity index (χ3v) is 6.24. The van der Waals surface area contributed by atoms with E-state index in [1.54, 1.807) is 34.6 Å². The Hall–Kier alpha value is -3.10. The minimum atomic E-state index is -1.29. The SMILES string of the molecule is Cc1cc(C)cc(C(C(=O)NC2CCCCC2)N(C(=O)C(CC(N)=O)NC(=O)OC(C)(C)C)C(C)C)c1. The van der Waals surface area contributed by atoms with Crippen molar-refractivity contribution in [2.24, 2.45) is 5.73 Å². The van der Waals surface area contributed by atoms with E-state index in [4.69, 9.17) is 10.5 Å². The molecule has 0 aliphatic heterocycles. The molecule has 4 amide bonds. The highest BCUT2D eigenvalue weighted by molar-refractivity contribution is 5.94. The number of rotatable bonds is 9. The van der Waals surface area contributed by atoms with Gasteiger partial charge in [0.05, 0.1) is 6.42 Å². The second-order valence-corrected chi connectivity index (χ2v) is 11.4. The van der Waals surface area contributed by atoms with Crippen molar-refractivity contribution >= 4 is 23.8 Å². The van der Waals surface area contributed by atoms with Crippen LogP contribution in [0.5, 0.6) is 0 Å². The zero-order valence-electron chi connectivity index (χ0n) is 23.3. The first kappa shape index (κ1) is 30.1. The molecule has 0 heterocycles. The first-order valence-electron chi connectivity index (χ1n) is 13.2. The summed E-state index contributed by atoms with van der Waals surface area (Å²) >= 11 is 0. The molecule has 2 atom stereocenters. The molecule has 1 aromatic rings. The Morgan fingerprint density at radius 1 is 1.03 bits per heavy atom. The second-order valence-electron chi connectivity index (χ2n) is 11.4. The van der Waals surface area contributed by atoms with Gasteiger partial charge < -0.3 is 26.0 Å². The lowest BCUT2D eigenvalue weighted by atomic mass is 9.93. The van der Waals surface area contributed by atoms with Crippen molar-refractivity contribution in [2.45, 2.75) is 117 Å². The summed E-state index contributed by atoms with van der Waals surface area (Å²) in [5, 5.41) is 5.67. The average molecular weight is 517 g/mol. The number of amides is 4. The highest BCUT2D eigenvalue weighted by atomic mass is 16.6. The predicted molar refractivity (Wildman–Crippen MR) is 143 cm³/mol. The van der Waals surface area contributed by atoms with Gasteiger partial charge in [-0.15, -0.1) is 0 Å². The van der Waals surface area contributed by atoms with Gasteiger partial charge in [0.2, 0.25) is 17.7 Å². The monoisotopic (exact) mass is 516 g/mol. The Morgan fingerprint density at radius 2 is 1.59 bits per heavy atom. The Morgan fingerprint density at radius 3 is 2.08 bits per heavy atom. The van der Waals surface area contributed by atoms with E-state index in [2.05, 4.69) is 10.6 Å². The molecular formula is C28H44N4O5. The van der Waals surface area contributed by atoms with Crippen LogP contribution in [0.25, 0.3) is 0 Å². The van der Waals surface area contributed by atoms with E-state index in [1.807, 2.05) is 32.0 Å². The van der Waals surface area contributed by atoms with Crippen LogP contribution in [0.15, 0.2) is 18.2 Å². The van der Waals surface area contributed by atoms with Gasteiger partial charge in [0, 0.05) is 12.1 Å². The molecule has 0 radical (unpaired) electrons. The van der Waals surface area contributed by atoms with Gasteiger partial charge >= 0.3 is 6.09 Å². The molecule has 9 heteroatoms. The Kier molecular flexibility index (Phi) is 10.5. The fourth-order valence-corrected chi connectivity index (χ4v) is 4.84. The molecule has 0 bridgehead atoms. The molecule has 2 rings (SSSR count). The summed E-state index contributed by atoms with van der Waals surface area (Å²) in [4.78, 5) is 53.7. The summed E-state index contributed by atoms with van der Waals surface area (Å²) in [6.07, 6.45) is 3.76. The van der Waals surface area contributed by atoms with E-state index >= 15 is 0 Å². The number of hydrogen-bond acceptors (Lipinski definition) is 5. The van der Waals surface area contributed by atoms with Gasteiger partial charge in [0.25, 0.3) is 0 Å². The quantitative estimate of drug-likeness (QED) is 0.459. The first-order valence-corrected chi connectivity index (χ1v) is 13.2. The molecule has 0 saturated heterocycles. The lowest BCUT2D eigenvalue weighted by molar-refractivity contribution is -0.145.